The fourth-order valence-corrected chi connectivity index (χ4v) is 4.47. The number of nitrogens with zero attached hydrogens (tertiary/aromatic N) is 2. The van der Waals surface area contributed by atoms with Crippen molar-refractivity contribution < 1.29 is 9.13 Å². The molecule has 0 aliphatic rings. The van der Waals surface area contributed by atoms with E-state index in [0.29, 0.717) is 16.4 Å². The number of hydrogen-bond acceptors (Lipinski definition) is 5. The van der Waals surface area contributed by atoms with Crippen LogP contribution in [-0.2, 0) is 6.61 Å². The minimum absolute atomic E-state index is 0.127. The summed E-state index contributed by atoms with van der Waals surface area (Å²) in [5.41, 5.74) is 6.25. The molecule has 4 nitrogen and oxygen atoms in total. The molecule has 0 saturated carbocycles. The first kappa shape index (κ1) is 22.3. The maximum absolute atomic E-state index is 14.1. The standard InChI is InChI=1S/C27H19BrFN3OS/c28-21-12-9-19(10-13-21)25-17-34-27(31-25)32-30-15-23-22-7-3-1-5-18(22)11-14-26(23)33-16-20-6-2-4-8-24(20)29/h1-15,17H,16H2,(H,31,32)/b30-15-. The average molecular weight is 532 g/mol. The van der Waals surface area contributed by atoms with Crippen molar-refractivity contribution >= 4 is 49.4 Å². The fourth-order valence-electron chi connectivity index (χ4n) is 3.54. The monoisotopic (exact) mass is 531 g/mol. The number of fused-ring (bicyclic) bond motifs is 1. The second-order valence-electron chi connectivity index (χ2n) is 7.49. The molecule has 0 spiro atoms. The molecule has 1 N–H and O–H groups in total. The maximum Gasteiger partial charge on any atom is 0.203 e. The largest absolute Gasteiger partial charge is 0.488 e. The minimum atomic E-state index is -0.287. The summed E-state index contributed by atoms with van der Waals surface area (Å²) in [7, 11) is 0. The SMILES string of the molecule is Fc1ccccc1COc1ccc2ccccc2c1/C=N\Nc1nc(-c2ccc(Br)cc2)cs1. The summed E-state index contributed by atoms with van der Waals surface area (Å²) in [5.74, 6) is 0.340. The zero-order valence-corrected chi connectivity index (χ0v) is 20.3. The lowest BCUT2D eigenvalue weighted by atomic mass is 10.0. The third-order valence-electron chi connectivity index (χ3n) is 5.27. The van der Waals surface area contributed by atoms with E-state index in [1.165, 1.54) is 17.4 Å². The van der Waals surface area contributed by atoms with Gasteiger partial charge in [0.25, 0.3) is 0 Å². The number of thiazole rings is 1. The van der Waals surface area contributed by atoms with Crippen LogP contribution in [0, 0.1) is 5.82 Å². The van der Waals surface area contributed by atoms with Gasteiger partial charge in [-0.3, -0.25) is 5.43 Å². The van der Waals surface area contributed by atoms with Gasteiger partial charge in [0.1, 0.15) is 18.2 Å². The quantitative estimate of drug-likeness (QED) is 0.171. The minimum Gasteiger partial charge on any atom is -0.488 e. The predicted octanol–water partition coefficient (Wildman–Crippen LogP) is 7.89. The van der Waals surface area contributed by atoms with Gasteiger partial charge >= 0.3 is 0 Å². The zero-order valence-electron chi connectivity index (χ0n) is 17.9. The summed E-state index contributed by atoms with van der Waals surface area (Å²) in [4.78, 5) is 4.62. The molecule has 0 unspecified atom stereocenters. The molecule has 5 aromatic rings. The molecule has 0 atom stereocenters. The van der Waals surface area contributed by atoms with Crippen LogP contribution in [0.4, 0.5) is 9.52 Å². The van der Waals surface area contributed by atoms with E-state index in [2.05, 4.69) is 31.4 Å². The summed E-state index contributed by atoms with van der Waals surface area (Å²) in [6.07, 6.45) is 1.72. The van der Waals surface area contributed by atoms with Crippen LogP contribution >= 0.6 is 27.3 Å². The molecule has 4 aromatic carbocycles. The van der Waals surface area contributed by atoms with E-state index in [4.69, 9.17) is 4.74 Å². The van der Waals surface area contributed by atoms with Crippen molar-refractivity contribution in [3.05, 3.63) is 112 Å². The molecule has 5 rings (SSSR count). The third-order valence-corrected chi connectivity index (χ3v) is 6.55. The number of anilines is 1. The van der Waals surface area contributed by atoms with E-state index in [-0.39, 0.29) is 12.4 Å². The molecule has 0 bridgehead atoms. The Morgan fingerprint density at radius 2 is 1.76 bits per heavy atom. The number of halogens is 2. The van der Waals surface area contributed by atoms with Gasteiger partial charge in [-0.1, -0.05) is 76.6 Å². The highest BCUT2D eigenvalue weighted by molar-refractivity contribution is 9.10. The highest BCUT2D eigenvalue weighted by Gasteiger charge is 2.10. The number of hydrazone groups is 1. The Balaban J connectivity index is 1.38. The summed E-state index contributed by atoms with van der Waals surface area (Å²) >= 11 is 4.93. The summed E-state index contributed by atoms with van der Waals surface area (Å²) in [6, 6.07) is 26.5. The van der Waals surface area contributed by atoms with E-state index < -0.39 is 0 Å². The van der Waals surface area contributed by atoms with Gasteiger partial charge in [-0.05, 0) is 35.0 Å². The number of benzene rings is 4. The first-order valence-corrected chi connectivity index (χ1v) is 12.2. The van der Waals surface area contributed by atoms with Gasteiger partial charge in [0.05, 0.1) is 11.9 Å². The Hall–Kier alpha value is -3.55. The smallest absolute Gasteiger partial charge is 0.203 e. The van der Waals surface area contributed by atoms with Gasteiger partial charge in [-0.25, -0.2) is 9.37 Å². The van der Waals surface area contributed by atoms with Gasteiger partial charge in [0.2, 0.25) is 5.13 Å². The van der Waals surface area contributed by atoms with Crippen molar-refractivity contribution in [3.63, 3.8) is 0 Å². The van der Waals surface area contributed by atoms with Gasteiger partial charge in [-0.15, -0.1) is 11.3 Å². The highest BCUT2D eigenvalue weighted by atomic mass is 79.9. The van der Waals surface area contributed by atoms with E-state index in [1.807, 2.05) is 66.0 Å². The number of aromatic nitrogens is 1. The summed E-state index contributed by atoms with van der Waals surface area (Å²) in [6.45, 7) is 0.127. The van der Waals surface area contributed by atoms with Crippen molar-refractivity contribution in [1.29, 1.82) is 0 Å². The van der Waals surface area contributed by atoms with Gasteiger partial charge < -0.3 is 4.74 Å². The third kappa shape index (κ3) is 5.00. The van der Waals surface area contributed by atoms with Crippen LogP contribution in [0.2, 0.25) is 0 Å². The molecule has 0 aliphatic heterocycles. The van der Waals surface area contributed by atoms with Crippen LogP contribution in [0.1, 0.15) is 11.1 Å². The second-order valence-corrected chi connectivity index (χ2v) is 9.27. The topological polar surface area (TPSA) is 46.5 Å². The molecule has 0 fully saturated rings. The van der Waals surface area contributed by atoms with Crippen LogP contribution in [0.25, 0.3) is 22.0 Å². The Kier molecular flexibility index (Phi) is 6.65. The van der Waals surface area contributed by atoms with E-state index in [1.54, 1.807) is 24.4 Å². The van der Waals surface area contributed by atoms with Crippen LogP contribution < -0.4 is 10.2 Å². The first-order valence-electron chi connectivity index (χ1n) is 10.6. The molecular formula is C27H19BrFN3OS. The lowest BCUT2D eigenvalue weighted by Crippen LogP contribution is -2.01. The summed E-state index contributed by atoms with van der Waals surface area (Å²) < 4.78 is 21.1. The lowest BCUT2D eigenvalue weighted by molar-refractivity contribution is 0.300. The predicted molar refractivity (Wildman–Crippen MR) is 141 cm³/mol. The number of nitrogens with one attached hydrogen (secondary N) is 1. The number of rotatable bonds is 7. The van der Waals surface area contributed by atoms with Crippen molar-refractivity contribution in [2.75, 3.05) is 5.43 Å². The van der Waals surface area contributed by atoms with E-state index >= 15 is 0 Å². The van der Waals surface area contributed by atoms with Crippen LogP contribution in [0.5, 0.6) is 5.75 Å². The number of ether oxygens (including phenoxy) is 1. The molecule has 0 saturated heterocycles. The second kappa shape index (κ2) is 10.2. The molecule has 1 heterocycles. The van der Waals surface area contributed by atoms with Gasteiger partial charge in [0, 0.05) is 26.5 Å². The average Bonchev–Trinajstić information content (AvgIpc) is 3.33. The highest BCUT2D eigenvalue weighted by Crippen LogP contribution is 2.29. The van der Waals surface area contributed by atoms with Crippen molar-refractivity contribution in [2.24, 2.45) is 5.10 Å². The maximum atomic E-state index is 14.1. The van der Waals surface area contributed by atoms with Crippen molar-refractivity contribution in [3.8, 4) is 17.0 Å². The molecule has 34 heavy (non-hydrogen) atoms. The Labute approximate surface area is 208 Å². The molecule has 168 valence electrons. The van der Waals surface area contributed by atoms with Gasteiger partial charge in [0.15, 0.2) is 0 Å². The van der Waals surface area contributed by atoms with Crippen LogP contribution in [-0.4, -0.2) is 11.2 Å². The normalized spacial score (nSPS) is 11.2. The van der Waals surface area contributed by atoms with Crippen LogP contribution in [0.15, 0.2) is 99.9 Å². The molecular weight excluding hydrogens is 513 g/mol. The molecule has 1 aromatic heterocycles. The summed E-state index contributed by atoms with van der Waals surface area (Å²) in [5, 5.41) is 9.16. The van der Waals surface area contributed by atoms with E-state index in [0.717, 1.165) is 32.1 Å². The molecule has 0 aliphatic carbocycles. The fraction of sp³-hybridized carbons (Fsp3) is 0.0370. The lowest BCUT2D eigenvalue weighted by Gasteiger charge is -2.12. The molecule has 0 radical (unpaired) electrons. The molecule has 0 amide bonds. The van der Waals surface area contributed by atoms with Crippen molar-refractivity contribution in [2.45, 2.75) is 6.61 Å². The Bertz CT molecular complexity index is 1470. The van der Waals surface area contributed by atoms with Crippen molar-refractivity contribution in [1.82, 2.24) is 4.98 Å². The van der Waals surface area contributed by atoms with Crippen LogP contribution in [0.3, 0.4) is 0 Å². The molecule has 7 heteroatoms. The van der Waals surface area contributed by atoms with E-state index in [9.17, 15) is 4.39 Å². The first-order chi connectivity index (χ1) is 16.7. The Morgan fingerprint density at radius 3 is 2.62 bits per heavy atom. The zero-order chi connectivity index (χ0) is 23.3. The number of hydrogen-bond donors (Lipinski definition) is 1. The Morgan fingerprint density at radius 1 is 0.971 bits per heavy atom. The van der Waals surface area contributed by atoms with Gasteiger partial charge in [-0.2, -0.15) is 5.10 Å².